The number of benzene rings is 1. The van der Waals surface area contributed by atoms with Crippen molar-refractivity contribution in [2.75, 3.05) is 0 Å². The number of rotatable bonds is 5. The van der Waals surface area contributed by atoms with E-state index in [2.05, 4.69) is 14.9 Å². The molecule has 2 saturated carbocycles. The Morgan fingerprint density at radius 2 is 1.96 bits per heavy atom. The summed E-state index contributed by atoms with van der Waals surface area (Å²) in [4.78, 5) is 3.34. The Labute approximate surface area is 154 Å². The van der Waals surface area contributed by atoms with Gasteiger partial charge in [0.25, 0.3) is 5.89 Å². The van der Waals surface area contributed by atoms with Crippen LogP contribution in [0.1, 0.15) is 37.9 Å². The highest BCUT2D eigenvalue weighted by atomic mass is 35.5. The summed E-state index contributed by atoms with van der Waals surface area (Å²) in [6, 6.07) is 1.54. The zero-order valence-corrected chi connectivity index (χ0v) is 15.2. The second-order valence-electron chi connectivity index (χ2n) is 6.56. The summed E-state index contributed by atoms with van der Waals surface area (Å²) >= 11 is 0. The second kappa shape index (κ2) is 6.52. The van der Waals surface area contributed by atoms with E-state index in [0.717, 1.165) is 18.6 Å². The van der Waals surface area contributed by atoms with Gasteiger partial charge in [-0.3, -0.25) is 0 Å². The zero-order valence-electron chi connectivity index (χ0n) is 13.5. The van der Waals surface area contributed by atoms with Crippen molar-refractivity contribution in [2.24, 2.45) is 5.73 Å². The average molecular weight is 407 g/mol. The molecule has 7 nitrogen and oxygen atoms in total. The van der Waals surface area contributed by atoms with E-state index in [-0.39, 0.29) is 24.3 Å². The van der Waals surface area contributed by atoms with Crippen LogP contribution in [0.15, 0.2) is 21.6 Å². The van der Waals surface area contributed by atoms with Crippen LogP contribution in [-0.2, 0) is 15.6 Å². The monoisotopic (exact) mass is 406 g/mol. The fourth-order valence-corrected chi connectivity index (χ4v) is 4.12. The average Bonchev–Trinajstić information content (AvgIpc) is 3.17. The number of aromatic nitrogens is 2. The van der Waals surface area contributed by atoms with Gasteiger partial charge in [0.1, 0.15) is 16.3 Å². The molecule has 0 radical (unpaired) electrons. The molecule has 0 aliphatic heterocycles. The fraction of sp³-hybridized carbons (Fsp3) is 0.467. The summed E-state index contributed by atoms with van der Waals surface area (Å²) in [6.45, 7) is 0. The lowest BCUT2D eigenvalue weighted by Gasteiger charge is -2.34. The molecule has 142 valence electrons. The molecule has 2 aliphatic carbocycles. The van der Waals surface area contributed by atoms with Crippen LogP contribution in [0.3, 0.4) is 0 Å². The van der Waals surface area contributed by atoms with Crippen LogP contribution in [0.25, 0.3) is 11.5 Å². The highest BCUT2D eigenvalue weighted by Gasteiger charge is 2.40. The third-order valence-corrected chi connectivity index (χ3v) is 6.11. The standard InChI is InChI=1S/C15H16F2N4O3S.ClH/c16-9-4-5-10(25(22,23)21-8-2-3-8)12(17)11(9)13-19-14(20-24-13)15(18)6-1-7-15;/h4-5,8,21H,1-3,6-7,18H2;1H. The zero-order chi connectivity index (χ0) is 17.8. The molecule has 2 fully saturated rings. The van der Waals surface area contributed by atoms with Gasteiger partial charge < -0.3 is 10.3 Å². The third kappa shape index (κ3) is 3.22. The minimum absolute atomic E-state index is 0. The molecule has 11 heteroatoms. The topological polar surface area (TPSA) is 111 Å². The number of nitrogens with zero attached hydrogens (tertiary/aromatic N) is 2. The van der Waals surface area contributed by atoms with Crippen molar-refractivity contribution in [1.29, 1.82) is 0 Å². The molecule has 1 heterocycles. The van der Waals surface area contributed by atoms with E-state index in [0.29, 0.717) is 25.7 Å². The van der Waals surface area contributed by atoms with Crippen LogP contribution < -0.4 is 10.5 Å². The van der Waals surface area contributed by atoms with Crippen LogP contribution >= 0.6 is 12.4 Å². The van der Waals surface area contributed by atoms with E-state index in [1.165, 1.54) is 0 Å². The summed E-state index contributed by atoms with van der Waals surface area (Å²) in [6.07, 6.45) is 3.60. The Balaban J connectivity index is 0.00000196. The van der Waals surface area contributed by atoms with Crippen LogP contribution in [0.5, 0.6) is 0 Å². The van der Waals surface area contributed by atoms with E-state index in [4.69, 9.17) is 10.3 Å². The first-order valence-electron chi connectivity index (χ1n) is 7.94. The summed E-state index contributed by atoms with van der Waals surface area (Å²) in [7, 11) is -4.10. The minimum Gasteiger partial charge on any atom is -0.334 e. The van der Waals surface area contributed by atoms with Crippen LogP contribution in [0.2, 0.25) is 0 Å². The van der Waals surface area contributed by atoms with Gasteiger partial charge in [-0.2, -0.15) is 4.98 Å². The van der Waals surface area contributed by atoms with Crippen molar-refractivity contribution in [1.82, 2.24) is 14.9 Å². The molecule has 26 heavy (non-hydrogen) atoms. The highest BCUT2D eigenvalue weighted by molar-refractivity contribution is 7.89. The number of nitrogens with two attached hydrogens (primary N) is 1. The lowest BCUT2D eigenvalue weighted by Crippen LogP contribution is -2.44. The van der Waals surface area contributed by atoms with Gasteiger partial charge in [-0.15, -0.1) is 12.4 Å². The van der Waals surface area contributed by atoms with Crippen molar-refractivity contribution in [3.05, 3.63) is 29.6 Å². The van der Waals surface area contributed by atoms with Gasteiger partial charge in [0, 0.05) is 6.04 Å². The normalized spacial score (nSPS) is 18.9. The van der Waals surface area contributed by atoms with E-state index in [1.54, 1.807) is 0 Å². The molecule has 4 rings (SSSR count). The Hall–Kier alpha value is -1.62. The molecule has 0 unspecified atom stereocenters. The summed E-state index contributed by atoms with van der Waals surface area (Å²) in [5, 5.41) is 3.71. The Bertz CT molecular complexity index is 942. The molecular weight excluding hydrogens is 390 g/mol. The maximum atomic E-state index is 14.8. The predicted molar refractivity (Wildman–Crippen MR) is 90.0 cm³/mol. The van der Waals surface area contributed by atoms with Gasteiger partial charge in [0.05, 0.1) is 5.54 Å². The maximum absolute atomic E-state index is 14.8. The van der Waals surface area contributed by atoms with E-state index in [1.807, 2.05) is 0 Å². The van der Waals surface area contributed by atoms with E-state index < -0.39 is 43.5 Å². The Morgan fingerprint density at radius 1 is 1.27 bits per heavy atom. The van der Waals surface area contributed by atoms with Crippen LogP contribution in [0.4, 0.5) is 8.78 Å². The second-order valence-corrected chi connectivity index (χ2v) is 8.25. The lowest BCUT2D eigenvalue weighted by molar-refractivity contribution is 0.229. The van der Waals surface area contributed by atoms with Gasteiger partial charge in [0.2, 0.25) is 10.0 Å². The SMILES string of the molecule is Cl.NC1(c2noc(-c3c(F)ccc(S(=O)(=O)NC4CC4)c3F)n2)CCC1. The van der Waals surface area contributed by atoms with E-state index >= 15 is 0 Å². The van der Waals surface area contributed by atoms with Gasteiger partial charge in [-0.25, -0.2) is 21.9 Å². The minimum atomic E-state index is -4.10. The smallest absolute Gasteiger partial charge is 0.264 e. The molecule has 3 N–H and O–H groups in total. The maximum Gasteiger partial charge on any atom is 0.264 e. The lowest BCUT2D eigenvalue weighted by atomic mass is 9.77. The summed E-state index contributed by atoms with van der Waals surface area (Å²) < 4.78 is 60.8. The summed E-state index contributed by atoms with van der Waals surface area (Å²) in [5.74, 6) is -2.51. The number of halogens is 3. The van der Waals surface area contributed by atoms with E-state index in [9.17, 15) is 17.2 Å². The molecular formula is C15H17ClF2N4O3S. The number of nitrogens with one attached hydrogen (secondary N) is 1. The quantitative estimate of drug-likeness (QED) is 0.787. The number of sulfonamides is 1. The largest absolute Gasteiger partial charge is 0.334 e. The first kappa shape index (κ1) is 19.2. The van der Waals surface area contributed by atoms with Gasteiger partial charge in [0.15, 0.2) is 11.6 Å². The van der Waals surface area contributed by atoms with Crippen molar-refractivity contribution in [2.45, 2.75) is 48.6 Å². The van der Waals surface area contributed by atoms with Crippen LogP contribution in [0, 0.1) is 11.6 Å². The van der Waals surface area contributed by atoms with Crippen molar-refractivity contribution in [3.8, 4) is 11.5 Å². The Morgan fingerprint density at radius 3 is 2.54 bits per heavy atom. The molecule has 0 amide bonds. The van der Waals surface area contributed by atoms with Crippen molar-refractivity contribution >= 4 is 22.4 Å². The predicted octanol–water partition coefficient (Wildman–Crippen LogP) is 2.22. The molecule has 0 bridgehead atoms. The summed E-state index contributed by atoms with van der Waals surface area (Å²) in [5.41, 5.74) is 4.65. The molecule has 1 aromatic carbocycles. The van der Waals surface area contributed by atoms with Crippen LogP contribution in [-0.4, -0.2) is 24.6 Å². The Kier molecular flexibility index (Phi) is 4.80. The van der Waals surface area contributed by atoms with Gasteiger partial charge >= 0.3 is 0 Å². The molecule has 2 aliphatic rings. The molecule has 2 aromatic rings. The molecule has 0 atom stereocenters. The first-order chi connectivity index (χ1) is 11.8. The molecule has 0 spiro atoms. The number of hydrogen-bond donors (Lipinski definition) is 2. The highest BCUT2D eigenvalue weighted by Crippen LogP contribution is 2.38. The fourth-order valence-electron chi connectivity index (χ4n) is 2.73. The number of hydrogen-bond acceptors (Lipinski definition) is 6. The molecule has 0 saturated heterocycles. The van der Waals surface area contributed by atoms with Crippen molar-refractivity contribution in [3.63, 3.8) is 0 Å². The van der Waals surface area contributed by atoms with Gasteiger partial charge in [-0.1, -0.05) is 5.16 Å². The molecule has 1 aromatic heterocycles. The van der Waals surface area contributed by atoms with Crippen molar-refractivity contribution < 1.29 is 21.7 Å². The van der Waals surface area contributed by atoms with Gasteiger partial charge in [-0.05, 0) is 44.2 Å². The third-order valence-electron chi connectivity index (χ3n) is 4.58. The first-order valence-corrected chi connectivity index (χ1v) is 9.42.